The summed E-state index contributed by atoms with van der Waals surface area (Å²) in [6, 6.07) is 25.6. The maximum Gasteiger partial charge on any atom is 0.343 e. The fourth-order valence-corrected chi connectivity index (χ4v) is 6.83. The molecule has 0 bridgehead atoms. The largest absolute Gasteiger partial charge is 0.423 e. The molecule has 0 fully saturated rings. The Morgan fingerprint density at radius 3 is 2.37 bits per heavy atom. The van der Waals surface area contributed by atoms with E-state index < -0.39 is 21.9 Å². The van der Waals surface area contributed by atoms with E-state index in [0.29, 0.717) is 26.9 Å². The van der Waals surface area contributed by atoms with Crippen LogP contribution in [0.4, 0.5) is 11.4 Å². The molecule has 4 aromatic carbocycles. The summed E-state index contributed by atoms with van der Waals surface area (Å²) in [5.41, 5.74) is 4.69. The fourth-order valence-electron chi connectivity index (χ4n) is 5.83. The number of esters is 1. The number of nitro groups is 2. The second-order valence-corrected chi connectivity index (χ2v) is 11.7. The minimum atomic E-state index is -0.739. The van der Waals surface area contributed by atoms with Crippen molar-refractivity contribution in [1.82, 2.24) is 4.57 Å². The second kappa shape index (κ2) is 11.5. The molecule has 0 spiro atoms. The van der Waals surface area contributed by atoms with Gasteiger partial charge in [0.1, 0.15) is 5.75 Å². The zero-order valence-corrected chi connectivity index (χ0v) is 24.7. The zero-order valence-electron chi connectivity index (χ0n) is 23.9. The molecule has 1 aromatic heterocycles. The standard InChI is InChI=1S/C34H22N4O7S/c39-32-29(17-20-11-14-26(15-12-20)45-33(40)23-7-4-9-25(19-23)38(43)44)46-34-35-30-27-10-2-1-5-21(27)13-16-28(30)31(36(32)34)22-6-3-8-24(18-22)37(41)42/h1-12,14-15,17-19,31H,13,16H2/b29-17+/t31-/m1/s1. The van der Waals surface area contributed by atoms with E-state index in [-0.39, 0.29) is 28.2 Å². The van der Waals surface area contributed by atoms with Crippen LogP contribution in [0.5, 0.6) is 5.75 Å². The summed E-state index contributed by atoms with van der Waals surface area (Å²) in [6.45, 7) is 0. The molecule has 0 radical (unpaired) electrons. The third kappa shape index (κ3) is 5.20. The maximum absolute atomic E-state index is 14.0. The molecule has 5 aromatic rings. The average Bonchev–Trinajstić information content (AvgIpc) is 3.38. The first-order chi connectivity index (χ1) is 22.3. The van der Waals surface area contributed by atoms with Gasteiger partial charge in [-0.3, -0.25) is 29.6 Å². The van der Waals surface area contributed by atoms with Crippen molar-refractivity contribution in [2.45, 2.75) is 18.9 Å². The third-order valence-electron chi connectivity index (χ3n) is 7.95. The molecule has 226 valence electrons. The highest BCUT2D eigenvalue weighted by Crippen LogP contribution is 2.41. The minimum Gasteiger partial charge on any atom is -0.423 e. The van der Waals surface area contributed by atoms with Crippen molar-refractivity contribution in [1.29, 1.82) is 0 Å². The molecular formula is C34H22N4O7S. The molecular weight excluding hydrogens is 608 g/mol. The Morgan fingerprint density at radius 1 is 0.891 bits per heavy atom. The third-order valence-corrected chi connectivity index (χ3v) is 8.93. The van der Waals surface area contributed by atoms with Gasteiger partial charge in [-0.1, -0.05) is 65.9 Å². The number of nitrogens with zero attached hydrogens (tertiary/aromatic N) is 4. The van der Waals surface area contributed by atoms with E-state index in [1.54, 1.807) is 47.0 Å². The summed E-state index contributed by atoms with van der Waals surface area (Å²) < 4.78 is 7.44. The highest BCUT2D eigenvalue weighted by molar-refractivity contribution is 7.07. The number of rotatable bonds is 6. The molecule has 11 nitrogen and oxygen atoms in total. The molecule has 1 atom stereocenters. The minimum absolute atomic E-state index is 0.0445. The number of aryl methyl sites for hydroxylation is 1. The van der Waals surface area contributed by atoms with Gasteiger partial charge in [0.15, 0.2) is 4.80 Å². The molecule has 1 aliphatic carbocycles. The van der Waals surface area contributed by atoms with Crippen LogP contribution < -0.4 is 19.6 Å². The van der Waals surface area contributed by atoms with Gasteiger partial charge in [-0.15, -0.1) is 0 Å². The molecule has 0 unspecified atom stereocenters. The van der Waals surface area contributed by atoms with Crippen LogP contribution in [0.3, 0.4) is 0 Å². The van der Waals surface area contributed by atoms with Gasteiger partial charge in [0.25, 0.3) is 16.9 Å². The number of fused-ring (bicyclic) bond motifs is 3. The Bertz CT molecular complexity index is 2300. The Morgan fingerprint density at radius 2 is 1.61 bits per heavy atom. The van der Waals surface area contributed by atoms with Crippen LogP contribution >= 0.6 is 11.3 Å². The predicted octanol–water partition coefficient (Wildman–Crippen LogP) is 5.35. The van der Waals surface area contributed by atoms with E-state index in [9.17, 15) is 29.8 Å². The first-order valence-corrected chi connectivity index (χ1v) is 15.0. The number of benzene rings is 4. The van der Waals surface area contributed by atoms with Gasteiger partial charge >= 0.3 is 5.97 Å². The van der Waals surface area contributed by atoms with Crippen molar-refractivity contribution in [3.63, 3.8) is 0 Å². The van der Waals surface area contributed by atoms with Gasteiger partial charge in [-0.2, -0.15) is 0 Å². The Balaban J connectivity index is 1.27. The molecule has 0 saturated carbocycles. The van der Waals surface area contributed by atoms with Crippen LogP contribution in [0, 0.1) is 20.2 Å². The van der Waals surface area contributed by atoms with Gasteiger partial charge in [-0.25, -0.2) is 9.79 Å². The van der Waals surface area contributed by atoms with Crippen LogP contribution in [0.2, 0.25) is 0 Å². The van der Waals surface area contributed by atoms with Gasteiger partial charge in [-0.05, 0) is 59.4 Å². The molecule has 2 heterocycles. The molecule has 46 heavy (non-hydrogen) atoms. The van der Waals surface area contributed by atoms with Crippen LogP contribution in [0.25, 0.3) is 11.8 Å². The van der Waals surface area contributed by atoms with E-state index >= 15 is 0 Å². The lowest BCUT2D eigenvalue weighted by atomic mass is 9.83. The van der Waals surface area contributed by atoms with Gasteiger partial charge in [0.2, 0.25) is 0 Å². The van der Waals surface area contributed by atoms with Crippen molar-refractivity contribution < 1.29 is 19.4 Å². The van der Waals surface area contributed by atoms with Crippen molar-refractivity contribution in [2.24, 2.45) is 4.99 Å². The number of allylic oxidation sites excluding steroid dienone is 1. The maximum atomic E-state index is 14.0. The number of hydrogen-bond acceptors (Lipinski definition) is 9. The number of carbonyl (C=O) groups is 1. The second-order valence-electron chi connectivity index (χ2n) is 10.7. The van der Waals surface area contributed by atoms with Crippen molar-refractivity contribution >= 4 is 40.5 Å². The molecule has 2 aliphatic rings. The lowest BCUT2D eigenvalue weighted by Gasteiger charge is -2.30. The Hall–Kier alpha value is -6.01. The average molecular weight is 631 g/mol. The highest BCUT2D eigenvalue weighted by atomic mass is 32.1. The first-order valence-electron chi connectivity index (χ1n) is 14.2. The number of hydrogen-bond donors (Lipinski definition) is 0. The number of nitro benzene ring substituents is 2. The quantitative estimate of drug-likeness (QED) is 0.106. The topological polar surface area (TPSA) is 147 Å². The smallest absolute Gasteiger partial charge is 0.343 e. The van der Waals surface area contributed by atoms with Crippen LogP contribution in [-0.2, 0) is 6.42 Å². The van der Waals surface area contributed by atoms with E-state index in [4.69, 9.17) is 9.73 Å². The zero-order chi connectivity index (χ0) is 31.9. The van der Waals surface area contributed by atoms with E-state index in [1.165, 1.54) is 41.7 Å². The molecule has 0 N–H and O–H groups in total. The van der Waals surface area contributed by atoms with Crippen molar-refractivity contribution in [3.05, 3.63) is 170 Å². The molecule has 1 aliphatic heterocycles. The SMILES string of the molecule is O=C(Oc1ccc(/C=c2/sc3n(c2=O)[C@H](c2cccc([N+](=O)[O-])c2)C2=C(N=3)c3ccccc3CC2)cc1)c1cccc([N+](=O)[O-])c1. The van der Waals surface area contributed by atoms with Gasteiger partial charge in [0.05, 0.1) is 31.7 Å². The number of carbonyl (C=O) groups excluding carboxylic acids is 1. The first kappa shape index (κ1) is 28.7. The van der Waals surface area contributed by atoms with Crippen LogP contribution in [0.15, 0.2) is 112 Å². The number of aromatic nitrogens is 1. The number of thiazole rings is 1. The highest BCUT2D eigenvalue weighted by Gasteiger charge is 2.33. The summed E-state index contributed by atoms with van der Waals surface area (Å²) in [6.07, 6.45) is 3.14. The van der Waals surface area contributed by atoms with E-state index in [1.807, 2.05) is 18.2 Å². The van der Waals surface area contributed by atoms with E-state index in [0.717, 1.165) is 34.9 Å². The summed E-state index contributed by atoms with van der Waals surface area (Å²) >= 11 is 1.23. The van der Waals surface area contributed by atoms with Gasteiger partial charge < -0.3 is 4.74 Å². The summed E-state index contributed by atoms with van der Waals surface area (Å²) in [5, 5.41) is 22.7. The Kier molecular flexibility index (Phi) is 7.18. The van der Waals surface area contributed by atoms with Crippen molar-refractivity contribution in [3.8, 4) is 5.75 Å². The Labute approximate surface area is 264 Å². The summed E-state index contributed by atoms with van der Waals surface area (Å²) in [5.74, 6) is -0.511. The van der Waals surface area contributed by atoms with Gasteiger partial charge in [0, 0.05) is 29.8 Å². The van der Waals surface area contributed by atoms with E-state index in [2.05, 4.69) is 6.07 Å². The van der Waals surface area contributed by atoms with Crippen LogP contribution in [-0.4, -0.2) is 20.4 Å². The van der Waals surface area contributed by atoms with Crippen molar-refractivity contribution in [2.75, 3.05) is 0 Å². The predicted molar refractivity (Wildman–Crippen MR) is 170 cm³/mol. The lowest BCUT2D eigenvalue weighted by molar-refractivity contribution is -0.385. The van der Waals surface area contributed by atoms with Crippen LogP contribution in [0.1, 0.15) is 45.1 Å². The normalized spacial score (nSPS) is 15.3. The lowest BCUT2D eigenvalue weighted by Crippen LogP contribution is -2.38. The molecule has 0 amide bonds. The molecule has 0 saturated heterocycles. The number of non-ortho nitro benzene ring substituents is 2. The summed E-state index contributed by atoms with van der Waals surface area (Å²) in [4.78, 5) is 53.7. The number of ether oxygens (including phenoxy) is 1. The molecule has 7 rings (SSSR count). The monoisotopic (exact) mass is 630 g/mol. The summed E-state index contributed by atoms with van der Waals surface area (Å²) in [7, 11) is 0. The fraction of sp³-hybridized carbons (Fsp3) is 0.0882. The molecule has 12 heteroatoms.